The standard InChI is InChI=1S/C12H10O4/c1-16-12(15)10-6-5-9(11(14)8-10)4-2-3-7-13/h5-8,14H,3H2,1H3. The average Bonchev–Trinajstić information content (AvgIpc) is 2.30. The van der Waals surface area contributed by atoms with E-state index in [-0.39, 0.29) is 17.7 Å². The molecule has 0 spiro atoms. The van der Waals surface area contributed by atoms with Gasteiger partial charge in [0, 0.05) is 0 Å². The number of phenols is 1. The van der Waals surface area contributed by atoms with Gasteiger partial charge in [-0.2, -0.15) is 0 Å². The number of hydrogen-bond acceptors (Lipinski definition) is 4. The lowest BCUT2D eigenvalue weighted by atomic mass is 10.1. The van der Waals surface area contributed by atoms with Crippen LogP contribution in [0.3, 0.4) is 0 Å². The van der Waals surface area contributed by atoms with Crippen LogP contribution in [0.2, 0.25) is 0 Å². The summed E-state index contributed by atoms with van der Waals surface area (Å²) in [4.78, 5) is 21.2. The van der Waals surface area contributed by atoms with Crippen molar-refractivity contribution in [3.8, 4) is 17.6 Å². The smallest absolute Gasteiger partial charge is 0.337 e. The lowest BCUT2D eigenvalue weighted by Gasteiger charge is -2.01. The Morgan fingerprint density at radius 3 is 2.88 bits per heavy atom. The van der Waals surface area contributed by atoms with E-state index in [0.717, 1.165) is 0 Å². The molecule has 0 saturated carbocycles. The summed E-state index contributed by atoms with van der Waals surface area (Å²) in [6.45, 7) is 0. The fourth-order valence-electron chi connectivity index (χ4n) is 1.07. The summed E-state index contributed by atoms with van der Waals surface area (Å²) in [5.41, 5.74) is 0.621. The third kappa shape index (κ3) is 2.85. The predicted molar refractivity (Wildman–Crippen MR) is 57.0 cm³/mol. The van der Waals surface area contributed by atoms with Gasteiger partial charge in [0.2, 0.25) is 0 Å². The number of rotatable bonds is 2. The molecule has 0 atom stereocenters. The lowest BCUT2D eigenvalue weighted by Crippen LogP contribution is -2.00. The number of aromatic hydroxyl groups is 1. The summed E-state index contributed by atoms with van der Waals surface area (Å²) in [6.07, 6.45) is 0.783. The molecule has 4 nitrogen and oxygen atoms in total. The molecule has 0 radical (unpaired) electrons. The molecule has 1 aromatic carbocycles. The van der Waals surface area contributed by atoms with E-state index < -0.39 is 5.97 Å². The highest BCUT2D eigenvalue weighted by molar-refractivity contribution is 5.90. The van der Waals surface area contributed by atoms with E-state index in [2.05, 4.69) is 16.6 Å². The molecule has 0 saturated heterocycles. The van der Waals surface area contributed by atoms with Crippen LogP contribution in [-0.2, 0) is 9.53 Å². The second-order valence-electron chi connectivity index (χ2n) is 2.90. The van der Waals surface area contributed by atoms with Crippen molar-refractivity contribution in [1.82, 2.24) is 0 Å². The minimum atomic E-state index is -0.525. The van der Waals surface area contributed by atoms with Gasteiger partial charge < -0.3 is 14.6 Å². The summed E-state index contributed by atoms with van der Waals surface area (Å²) in [6, 6.07) is 4.27. The van der Waals surface area contributed by atoms with Gasteiger partial charge >= 0.3 is 5.97 Å². The Hall–Kier alpha value is -2.28. The van der Waals surface area contributed by atoms with E-state index in [9.17, 15) is 14.7 Å². The highest BCUT2D eigenvalue weighted by Gasteiger charge is 2.07. The summed E-state index contributed by atoms with van der Waals surface area (Å²) >= 11 is 0. The second kappa shape index (κ2) is 5.56. The van der Waals surface area contributed by atoms with Gasteiger partial charge in [0.25, 0.3) is 0 Å². The number of phenolic OH excluding ortho intramolecular Hbond substituents is 1. The zero-order chi connectivity index (χ0) is 12.0. The van der Waals surface area contributed by atoms with Crippen LogP contribution in [0.4, 0.5) is 0 Å². The maximum Gasteiger partial charge on any atom is 0.337 e. The minimum Gasteiger partial charge on any atom is -0.507 e. The summed E-state index contributed by atoms with van der Waals surface area (Å²) < 4.78 is 4.50. The minimum absolute atomic E-state index is 0.109. The molecule has 0 unspecified atom stereocenters. The Morgan fingerprint density at radius 2 is 2.31 bits per heavy atom. The van der Waals surface area contributed by atoms with Gasteiger partial charge in [0.1, 0.15) is 12.0 Å². The number of benzene rings is 1. The summed E-state index contributed by atoms with van der Waals surface area (Å²) in [5, 5.41) is 9.54. The van der Waals surface area contributed by atoms with Crippen LogP contribution in [0.5, 0.6) is 5.75 Å². The Morgan fingerprint density at radius 1 is 1.56 bits per heavy atom. The highest BCUT2D eigenvalue weighted by Crippen LogP contribution is 2.18. The van der Waals surface area contributed by atoms with Crippen molar-refractivity contribution in [2.75, 3.05) is 7.11 Å². The number of ether oxygens (including phenoxy) is 1. The van der Waals surface area contributed by atoms with Crippen LogP contribution in [0, 0.1) is 11.8 Å². The molecule has 0 bridgehead atoms. The van der Waals surface area contributed by atoms with Gasteiger partial charge in [-0.3, -0.25) is 0 Å². The van der Waals surface area contributed by atoms with E-state index >= 15 is 0 Å². The van der Waals surface area contributed by atoms with Crippen LogP contribution in [0.1, 0.15) is 22.3 Å². The Bertz CT molecular complexity index is 466. The molecule has 0 fully saturated rings. The van der Waals surface area contributed by atoms with Gasteiger partial charge in [0.05, 0.1) is 24.7 Å². The SMILES string of the molecule is COC(=O)c1ccc(C#CCC=O)c(O)c1. The first-order valence-electron chi connectivity index (χ1n) is 4.53. The lowest BCUT2D eigenvalue weighted by molar-refractivity contribution is -0.107. The van der Waals surface area contributed by atoms with Crippen molar-refractivity contribution < 1.29 is 19.4 Å². The zero-order valence-electron chi connectivity index (χ0n) is 8.69. The maximum absolute atomic E-state index is 11.1. The van der Waals surface area contributed by atoms with Crippen molar-refractivity contribution in [2.24, 2.45) is 0 Å². The third-order valence-corrected chi connectivity index (χ3v) is 1.83. The summed E-state index contributed by atoms with van der Waals surface area (Å²) in [7, 11) is 1.26. The van der Waals surface area contributed by atoms with Crippen molar-refractivity contribution in [2.45, 2.75) is 6.42 Å². The Labute approximate surface area is 92.9 Å². The van der Waals surface area contributed by atoms with Crippen LogP contribution >= 0.6 is 0 Å². The third-order valence-electron chi connectivity index (χ3n) is 1.83. The van der Waals surface area contributed by atoms with E-state index in [1.54, 1.807) is 0 Å². The van der Waals surface area contributed by atoms with Gasteiger partial charge in [-0.1, -0.05) is 11.8 Å². The Kier molecular flexibility index (Phi) is 4.10. The Balaban J connectivity index is 2.97. The topological polar surface area (TPSA) is 63.6 Å². The van der Waals surface area contributed by atoms with Gasteiger partial charge in [0.15, 0.2) is 0 Å². The average molecular weight is 218 g/mol. The fourth-order valence-corrected chi connectivity index (χ4v) is 1.07. The van der Waals surface area contributed by atoms with Crippen molar-refractivity contribution in [3.63, 3.8) is 0 Å². The van der Waals surface area contributed by atoms with Crippen molar-refractivity contribution in [3.05, 3.63) is 29.3 Å². The maximum atomic E-state index is 11.1. The number of methoxy groups -OCH3 is 1. The van der Waals surface area contributed by atoms with E-state index in [0.29, 0.717) is 11.8 Å². The molecular weight excluding hydrogens is 208 g/mol. The monoisotopic (exact) mass is 218 g/mol. The van der Waals surface area contributed by atoms with E-state index in [4.69, 9.17) is 0 Å². The largest absolute Gasteiger partial charge is 0.507 e. The first kappa shape index (κ1) is 11.8. The zero-order valence-corrected chi connectivity index (χ0v) is 8.69. The highest BCUT2D eigenvalue weighted by atomic mass is 16.5. The van der Waals surface area contributed by atoms with E-state index in [1.807, 2.05) is 0 Å². The molecule has 0 amide bonds. The molecule has 0 aromatic heterocycles. The number of aldehydes is 1. The molecule has 1 N–H and O–H groups in total. The second-order valence-corrected chi connectivity index (χ2v) is 2.90. The molecular formula is C12H10O4. The molecule has 0 aliphatic heterocycles. The number of esters is 1. The number of carbonyl (C=O) groups is 2. The molecule has 1 aromatic rings. The molecule has 1 rings (SSSR count). The first-order valence-corrected chi connectivity index (χ1v) is 4.53. The van der Waals surface area contributed by atoms with E-state index in [1.165, 1.54) is 25.3 Å². The van der Waals surface area contributed by atoms with Crippen LogP contribution in [0.15, 0.2) is 18.2 Å². The van der Waals surface area contributed by atoms with Crippen LogP contribution < -0.4 is 0 Å². The van der Waals surface area contributed by atoms with Gasteiger partial charge in [-0.25, -0.2) is 4.79 Å². The fraction of sp³-hybridized carbons (Fsp3) is 0.167. The molecule has 82 valence electrons. The van der Waals surface area contributed by atoms with Crippen LogP contribution in [-0.4, -0.2) is 24.5 Å². The molecule has 0 aliphatic rings. The molecule has 16 heavy (non-hydrogen) atoms. The quantitative estimate of drug-likeness (QED) is 0.459. The predicted octanol–water partition coefficient (Wildman–Crippen LogP) is 1.12. The van der Waals surface area contributed by atoms with Gasteiger partial charge in [-0.15, -0.1) is 0 Å². The molecule has 4 heteroatoms. The normalized spacial score (nSPS) is 8.81. The first-order chi connectivity index (χ1) is 7.69. The number of hydrogen-bond donors (Lipinski definition) is 1. The van der Waals surface area contributed by atoms with Gasteiger partial charge in [-0.05, 0) is 18.2 Å². The van der Waals surface area contributed by atoms with Crippen molar-refractivity contribution in [1.29, 1.82) is 0 Å². The molecule has 0 aliphatic carbocycles. The summed E-state index contributed by atoms with van der Waals surface area (Å²) in [5.74, 6) is 4.54. The molecule has 0 heterocycles. The van der Waals surface area contributed by atoms with Crippen LogP contribution in [0.25, 0.3) is 0 Å². The van der Waals surface area contributed by atoms with Crippen molar-refractivity contribution >= 4 is 12.3 Å². The number of carbonyl (C=O) groups excluding carboxylic acids is 2.